The topological polar surface area (TPSA) is 12.0 Å². The summed E-state index contributed by atoms with van der Waals surface area (Å²) < 4.78 is 13.2. The molecule has 1 aromatic carbocycles. The molecular formula is C12H13ClFN. The van der Waals surface area contributed by atoms with Crippen LogP contribution in [0.25, 0.3) is 0 Å². The highest BCUT2D eigenvalue weighted by Gasteiger charge is 2.14. The van der Waals surface area contributed by atoms with Gasteiger partial charge in [0.1, 0.15) is 5.82 Å². The van der Waals surface area contributed by atoms with E-state index < -0.39 is 5.82 Å². The van der Waals surface area contributed by atoms with Crippen molar-refractivity contribution in [1.29, 1.82) is 0 Å². The fourth-order valence-corrected chi connectivity index (χ4v) is 1.70. The van der Waals surface area contributed by atoms with E-state index in [1.165, 1.54) is 6.07 Å². The first kappa shape index (κ1) is 12.0. The minimum atomic E-state index is -0.408. The smallest absolute Gasteiger partial charge is 0.142 e. The first-order chi connectivity index (χ1) is 7.20. The summed E-state index contributed by atoms with van der Waals surface area (Å²) in [6.07, 6.45) is 5.76. The Labute approximate surface area is 94.6 Å². The maximum atomic E-state index is 13.2. The Bertz CT molecular complexity index is 370. The summed E-state index contributed by atoms with van der Waals surface area (Å²) in [4.78, 5) is 0. The molecule has 3 heteroatoms. The van der Waals surface area contributed by atoms with Gasteiger partial charge in [-0.1, -0.05) is 30.7 Å². The van der Waals surface area contributed by atoms with E-state index in [9.17, 15) is 4.39 Å². The van der Waals surface area contributed by atoms with Crippen LogP contribution in [0.15, 0.2) is 18.2 Å². The maximum Gasteiger partial charge on any atom is 0.142 e. The zero-order chi connectivity index (χ0) is 11.3. The summed E-state index contributed by atoms with van der Waals surface area (Å²) in [5, 5.41) is 3.33. The Kier molecular flexibility index (Phi) is 4.61. The number of hydrogen-bond acceptors (Lipinski definition) is 1. The lowest BCUT2D eigenvalue weighted by atomic mass is 10.0. The van der Waals surface area contributed by atoms with Crippen molar-refractivity contribution in [2.24, 2.45) is 0 Å². The molecule has 0 bridgehead atoms. The third-order valence-corrected chi connectivity index (χ3v) is 2.53. The second kappa shape index (κ2) is 5.75. The minimum absolute atomic E-state index is 0.0804. The highest BCUT2D eigenvalue weighted by molar-refractivity contribution is 6.31. The van der Waals surface area contributed by atoms with E-state index in [4.69, 9.17) is 18.0 Å². The fraction of sp³-hybridized carbons (Fsp3) is 0.333. The molecule has 0 spiro atoms. The Morgan fingerprint density at radius 2 is 2.33 bits per heavy atom. The van der Waals surface area contributed by atoms with E-state index >= 15 is 0 Å². The van der Waals surface area contributed by atoms with Gasteiger partial charge in [-0.3, -0.25) is 0 Å². The minimum Gasteiger partial charge on any atom is -0.309 e. The van der Waals surface area contributed by atoms with Crippen LogP contribution in [0, 0.1) is 18.2 Å². The molecule has 0 fully saturated rings. The summed E-state index contributed by atoms with van der Waals surface area (Å²) in [5.41, 5.74) is 0.719. The quantitative estimate of drug-likeness (QED) is 0.777. The second-order valence-electron chi connectivity index (χ2n) is 3.16. The van der Waals surface area contributed by atoms with E-state index in [-0.39, 0.29) is 11.1 Å². The largest absolute Gasteiger partial charge is 0.309 e. The highest BCUT2D eigenvalue weighted by atomic mass is 35.5. The summed E-state index contributed by atoms with van der Waals surface area (Å²) in [6.45, 7) is 2.73. The Morgan fingerprint density at radius 3 is 2.93 bits per heavy atom. The summed E-state index contributed by atoms with van der Waals surface area (Å²) in [7, 11) is 0. The monoisotopic (exact) mass is 225 g/mol. The van der Waals surface area contributed by atoms with E-state index in [1.807, 2.05) is 6.92 Å². The van der Waals surface area contributed by atoms with Gasteiger partial charge in [-0.05, 0) is 18.2 Å². The van der Waals surface area contributed by atoms with E-state index in [1.54, 1.807) is 12.1 Å². The summed E-state index contributed by atoms with van der Waals surface area (Å²) in [6, 6.07) is 4.68. The number of terminal acetylenes is 1. The molecule has 0 radical (unpaired) electrons. The van der Waals surface area contributed by atoms with Crippen LogP contribution in [-0.2, 0) is 0 Å². The van der Waals surface area contributed by atoms with Crippen LogP contribution in [0.1, 0.15) is 24.9 Å². The molecule has 0 aliphatic carbocycles. The van der Waals surface area contributed by atoms with Crippen molar-refractivity contribution in [2.45, 2.75) is 19.4 Å². The zero-order valence-electron chi connectivity index (χ0n) is 8.56. The van der Waals surface area contributed by atoms with Crippen LogP contribution in [0.4, 0.5) is 4.39 Å². The molecule has 0 saturated carbocycles. The average molecular weight is 226 g/mol. The molecule has 1 nitrogen and oxygen atoms in total. The van der Waals surface area contributed by atoms with Gasteiger partial charge in [-0.15, -0.1) is 12.3 Å². The van der Waals surface area contributed by atoms with Gasteiger partial charge < -0.3 is 5.32 Å². The van der Waals surface area contributed by atoms with E-state index in [0.717, 1.165) is 12.1 Å². The molecule has 1 atom stereocenters. The predicted molar refractivity (Wildman–Crippen MR) is 61.3 cm³/mol. The second-order valence-corrected chi connectivity index (χ2v) is 3.54. The number of nitrogens with one attached hydrogen (secondary N) is 1. The third-order valence-electron chi connectivity index (χ3n) is 2.13. The van der Waals surface area contributed by atoms with Gasteiger partial charge in [-0.2, -0.15) is 0 Å². The van der Waals surface area contributed by atoms with Gasteiger partial charge in [0, 0.05) is 12.5 Å². The van der Waals surface area contributed by atoms with Gasteiger partial charge in [0.2, 0.25) is 0 Å². The molecule has 1 rings (SSSR count). The summed E-state index contributed by atoms with van der Waals surface area (Å²) in [5.74, 6) is 2.15. The van der Waals surface area contributed by atoms with Crippen molar-refractivity contribution in [3.8, 4) is 12.3 Å². The maximum absolute atomic E-state index is 13.2. The molecular weight excluding hydrogens is 213 g/mol. The number of halogens is 2. The predicted octanol–water partition coefficient (Wildman–Crippen LogP) is 3.15. The molecule has 80 valence electrons. The van der Waals surface area contributed by atoms with E-state index in [2.05, 4.69) is 11.2 Å². The lowest BCUT2D eigenvalue weighted by Crippen LogP contribution is -2.20. The molecule has 1 aromatic rings. The number of rotatable bonds is 4. The molecule has 15 heavy (non-hydrogen) atoms. The van der Waals surface area contributed by atoms with Crippen molar-refractivity contribution in [3.05, 3.63) is 34.6 Å². The van der Waals surface area contributed by atoms with Gasteiger partial charge >= 0.3 is 0 Å². The number of hydrogen-bond donors (Lipinski definition) is 1. The van der Waals surface area contributed by atoms with Gasteiger partial charge in [0.05, 0.1) is 5.02 Å². The van der Waals surface area contributed by atoms with Crippen LogP contribution in [0.3, 0.4) is 0 Å². The average Bonchev–Trinajstić information content (AvgIpc) is 2.22. The normalized spacial score (nSPS) is 12.1. The molecule has 1 unspecified atom stereocenters. The lowest BCUT2D eigenvalue weighted by molar-refractivity contribution is 0.557. The van der Waals surface area contributed by atoms with Crippen molar-refractivity contribution in [2.75, 3.05) is 6.54 Å². The summed E-state index contributed by atoms with van der Waals surface area (Å²) >= 11 is 5.88. The van der Waals surface area contributed by atoms with E-state index in [0.29, 0.717) is 6.42 Å². The number of benzene rings is 1. The van der Waals surface area contributed by atoms with Crippen LogP contribution >= 0.6 is 11.6 Å². The Balaban J connectivity index is 3.00. The van der Waals surface area contributed by atoms with Gasteiger partial charge in [-0.25, -0.2) is 4.39 Å². The van der Waals surface area contributed by atoms with Crippen molar-refractivity contribution in [3.63, 3.8) is 0 Å². The molecule has 0 aromatic heterocycles. The Morgan fingerprint density at radius 1 is 1.60 bits per heavy atom. The SMILES string of the molecule is C#CCC(NCC)c1cccc(F)c1Cl. The van der Waals surface area contributed by atoms with Crippen LogP contribution < -0.4 is 5.32 Å². The van der Waals surface area contributed by atoms with Crippen LogP contribution in [-0.4, -0.2) is 6.54 Å². The van der Waals surface area contributed by atoms with Crippen molar-refractivity contribution >= 4 is 11.6 Å². The molecule has 0 saturated heterocycles. The molecule has 1 N–H and O–H groups in total. The fourth-order valence-electron chi connectivity index (χ4n) is 1.45. The lowest BCUT2D eigenvalue weighted by Gasteiger charge is -2.17. The molecule has 0 amide bonds. The van der Waals surface area contributed by atoms with Crippen LogP contribution in [0.2, 0.25) is 5.02 Å². The van der Waals surface area contributed by atoms with Crippen molar-refractivity contribution < 1.29 is 4.39 Å². The van der Waals surface area contributed by atoms with Crippen molar-refractivity contribution in [1.82, 2.24) is 5.32 Å². The molecule has 0 aliphatic rings. The Hall–Kier alpha value is -1.04. The van der Waals surface area contributed by atoms with Gasteiger partial charge in [0.15, 0.2) is 0 Å². The molecule has 0 aliphatic heterocycles. The third kappa shape index (κ3) is 2.95. The standard InChI is InChI=1S/C12H13ClFN/c1-3-6-11(15-4-2)9-7-5-8-10(14)12(9)13/h1,5,7-8,11,15H,4,6H2,2H3. The van der Waals surface area contributed by atoms with Crippen LogP contribution in [0.5, 0.6) is 0 Å². The van der Waals surface area contributed by atoms with Gasteiger partial charge in [0.25, 0.3) is 0 Å². The zero-order valence-corrected chi connectivity index (χ0v) is 9.31. The first-order valence-electron chi connectivity index (χ1n) is 4.81. The first-order valence-corrected chi connectivity index (χ1v) is 5.19. The molecule has 0 heterocycles. The highest BCUT2D eigenvalue weighted by Crippen LogP contribution is 2.27.